The molecule has 2 heterocycles. The topological polar surface area (TPSA) is 29.3 Å². The van der Waals surface area contributed by atoms with Crippen molar-refractivity contribution in [1.82, 2.24) is 9.38 Å². The van der Waals surface area contributed by atoms with Crippen LogP contribution in [0.5, 0.6) is 0 Å². The van der Waals surface area contributed by atoms with Crippen molar-refractivity contribution < 1.29 is 0 Å². The van der Waals surface area contributed by atoms with Crippen molar-refractivity contribution >= 4 is 38.0 Å². The van der Waals surface area contributed by atoms with E-state index >= 15 is 0 Å². The second-order valence-electron chi connectivity index (χ2n) is 6.30. The lowest BCUT2D eigenvalue weighted by molar-refractivity contribution is 1.27. The number of thiazole rings is 1. The van der Waals surface area contributed by atoms with Gasteiger partial charge in [0.25, 0.3) is 0 Å². The molecule has 1 N–H and O–H groups in total. The maximum atomic E-state index is 4.96. The van der Waals surface area contributed by atoms with E-state index in [1.165, 1.54) is 15.8 Å². The van der Waals surface area contributed by atoms with Gasteiger partial charge in [0.2, 0.25) is 0 Å². The zero-order chi connectivity index (χ0) is 17.5. The number of aryl methyl sites for hydroxylation is 1. The van der Waals surface area contributed by atoms with Gasteiger partial charge < -0.3 is 5.32 Å². The summed E-state index contributed by atoms with van der Waals surface area (Å²) in [5, 5.41) is 3.65. The van der Waals surface area contributed by atoms with Gasteiger partial charge in [-0.1, -0.05) is 72.0 Å². The minimum Gasteiger partial charge on any atom is -0.339 e. The number of anilines is 2. The Balaban J connectivity index is 1.80. The smallest absolute Gasteiger partial charge is 0.197 e. The molecule has 5 aromatic rings. The van der Waals surface area contributed by atoms with E-state index in [1.807, 2.05) is 6.07 Å². The van der Waals surface area contributed by atoms with Gasteiger partial charge in [0.05, 0.1) is 10.2 Å². The number of nitrogens with zero attached hydrogens (tertiary/aromatic N) is 2. The van der Waals surface area contributed by atoms with E-state index < -0.39 is 0 Å². The lowest BCUT2D eigenvalue weighted by atomic mass is 10.1. The minimum absolute atomic E-state index is 0.978. The molecular formula is C22H17N3S. The van der Waals surface area contributed by atoms with Crippen molar-refractivity contribution in [2.24, 2.45) is 0 Å². The van der Waals surface area contributed by atoms with Crippen LogP contribution < -0.4 is 5.32 Å². The molecule has 0 aliphatic heterocycles. The van der Waals surface area contributed by atoms with Gasteiger partial charge in [0.1, 0.15) is 11.5 Å². The van der Waals surface area contributed by atoms with Crippen LogP contribution >= 0.6 is 11.3 Å². The number of aromatic nitrogens is 2. The molecule has 0 saturated carbocycles. The van der Waals surface area contributed by atoms with Gasteiger partial charge in [-0.25, -0.2) is 4.98 Å². The van der Waals surface area contributed by atoms with Crippen LogP contribution in [0.4, 0.5) is 11.5 Å². The van der Waals surface area contributed by atoms with E-state index in [2.05, 4.69) is 89.4 Å². The predicted octanol–water partition coefficient (Wildman–Crippen LogP) is 6.27. The maximum Gasteiger partial charge on any atom is 0.197 e. The van der Waals surface area contributed by atoms with Crippen LogP contribution in [-0.4, -0.2) is 9.38 Å². The van der Waals surface area contributed by atoms with Gasteiger partial charge in [-0.2, -0.15) is 0 Å². The number of hydrogen-bond acceptors (Lipinski definition) is 3. The number of hydrogen-bond donors (Lipinski definition) is 1. The normalized spacial score (nSPS) is 11.3. The lowest BCUT2D eigenvalue weighted by Crippen LogP contribution is -1.98. The fourth-order valence-electron chi connectivity index (χ4n) is 3.27. The highest BCUT2D eigenvalue weighted by molar-refractivity contribution is 7.23. The maximum absolute atomic E-state index is 4.96. The van der Waals surface area contributed by atoms with E-state index in [0.29, 0.717) is 0 Å². The molecule has 2 aromatic heterocycles. The molecular weight excluding hydrogens is 338 g/mol. The van der Waals surface area contributed by atoms with Crippen LogP contribution in [-0.2, 0) is 0 Å². The number of rotatable bonds is 3. The van der Waals surface area contributed by atoms with Gasteiger partial charge in [0, 0.05) is 11.3 Å². The summed E-state index contributed by atoms with van der Waals surface area (Å²) in [6, 6.07) is 27.2. The molecule has 0 saturated heterocycles. The monoisotopic (exact) mass is 355 g/mol. The predicted molar refractivity (Wildman–Crippen MR) is 110 cm³/mol. The third kappa shape index (κ3) is 2.38. The van der Waals surface area contributed by atoms with Crippen molar-refractivity contribution in [1.29, 1.82) is 0 Å². The molecule has 0 atom stereocenters. The standard InChI is InChI=1S/C22H17N3S/c1-15-9-5-6-12-17(15)23-21-20(16-10-3-2-4-11-16)24-22-25(21)18-13-7-8-14-19(18)26-22/h2-14,23H,1H3. The Hall–Kier alpha value is -3.11. The Bertz CT molecular complexity index is 1220. The van der Waals surface area contributed by atoms with Gasteiger partial charge in [-0.3, -0.25) is 4.40 Å². The number of imidazole rings is 1. The van der Waals surface area contributed by atoms with Gasteiger partial charge in [-0.15, -0.1) is 0 Å². The molecule has 0 bridgehead atoms. The number of benzene rings is 3. The van der Waals surface area contributed by atoms with E-state index in [0.717, 1.165) is 27.7 Å². The van der Waals surface area contributed by atoms with Crippen LogP contribution in [0, 0.1) is 6.92 Å². The van der Waals surface area contributed by atoms with E-state index in [4.69, 9.17) is 4.98 Å². The van der Waals surface area contributed by atoms with Crippen LogP contribution in [0.25, 0.3) is 26.4 Å². The van der Waals surface area contributed by atoms with E-state index in [1.54, 1.807) is 11.3 Å². The summed E-state index contributed by atoms with van der Waals surface area (Å²) in [7, 11) is 0. The Morgan fingerprint density at radius 1 is 0.846 bits per heavy atom. The van der Waals surface area contributed by atoms with Gasteiger partial charge in [-0.05, 0) is 30.7 Å². The van der Waals surface area contributed by atoms with Crippen molar-refractivity contribution in [3.05, 3.63) is 84.4 Å². The molecule has 26 heavy (non-hydrogen) atoms. The van der Waals surface area contributed by atoms with Crippen molar-refractivity contribution in [3.8, 4) is 11.3 Å². The number of nitrogens with one attached hydrogen (secondary N) is 1. The Morgan fingerprint density at radius 2 is 1.58 bits per heavy atom. The quantitative estimate of drug-likeness (QED) is 0.413. The SMILES string of the molecule is Cc1ccccc1Nc1c(-c2ccccc2)nc2sc3ccccc3n12. The van der Waals surface area contributed by atoms with Gasteiger partial charge >= 0.3 is 0 Å². The van der Waals surface area contributed by atoms with Crippen molar-refractivity contribution in [2.45, 2.75) is 6.92 Å². The molecule has 4 heteroatoms. The summed E-state index contributed by atoms with van der Waals surface area (Å²) < 4.78 is 3.47. The number of fused-ring (bicyclic) bond motifs is 3. The number of para-hydroxylation sites is 2. The summed E-state index contributed by atoms with van der Waals surface area (Å²) in [6.45, 7) is 2.12. The van der Waals surface area contributed by atoms with Crippen molar-refractivity contribution in [2.75, 3.05) is 5.32 Å². The molecule has 126 valence electrons. The molecule has 3 nitrogen and oxygen atoms in total. The molecule has 0 aliphatic rings. The Kier molecular flexibility index (Phi) is 3.50. The summed E-state index contributed by atoms with van der Waals surface area (Å²) in [5.74, 6) is 1.01. The summed E-state index contributed by atoms with van der Waals surface area (Å²) in [5.41, 5.74) is 5.58. The van der Waals surface area contributed by atoms with E-state index in [-0.39, 0.29) is 0 Å². The summed E-state index contributed by atoms with van der Waals surface area (Å²) in [4.78, 5) is 5.97. The molecule has 5 rings (SSSR count). The highest BCUT2D eigenvalue weighted by Gasteiger charge is 2.18. The Labute approximate surface area is 155 Å². The average molecular weight is 355 g/mol. The first kappa shape index (κ1) is 15.2. The minimum atomic E-state index is 0.978. The molecule has 0 unspecified atom stereocenters. The molecule has 0 aliphatic carbocycles. The molecule has 0 spiro atoms. The first-order valence-electron chi connectivity index (χ1n) is 8.59. The zero-order valence-corrected chi connectivity index (χ0v) is 15.1. The van der Waals surface area contributed by atoms with Crippen LogP contribution in [0.1, 0.15) is 5.56 Å². The lowest BCUT2D eigenvalue weighted by Gasteiger charge is -2.11. The molecule has 3 aromatic carbocycles. The first-order chi connectivity index (χ1) is 12.8. The van der Waals surface area contributed by atoms with E-state index in [9.17, 15) is 0 Å². The highest BCUT2D eigenvalue weighted by Crippen LogP contribution is 2.37. The van der Waals surface area contributed by atoms with Crippen LogP contribution in [0.2, 0.25) is 0 Å². The highest BCUT2D eigenvalue weighted by atomic mass is 32.1. The summed E-state index contributed by atoms with van der Waals surface area (Å²) in [6.07, 6.45) is 0. The van der Waals surface area contributed by atoms with Crippen molar-refractivity contribution in [3.63, 3.8) is 0 Å². The van der Waals surface area contributed by atoms with Gasteiger partial charge in [0.15, 0.2) is 4.96 Å². The first-order valence-corrected chi connectivity index (χ1v) is 9.41. The largest absolute Gasteiger partial charge is 0.339 e. The summed E-state index contributed by atoms with van der Waals surface area (Å²) >= 11 is 1.72. The molecule has 0 radical (unpaired) electrons. The fourth-order valence-corrected chi connectivity index (χ4v) is 4.30. The fraction of sp³-hybridized carbons (Fsp3) is 0.0455. The second-order valence-corrected chi connectivity index (χ2v) is 7.31. The zero-order valence-electron chi connectivity index (χ0n) is 14.3. The van der Waals surface area contributed by atoms with Crippen LogP contribution in [0.15, 0.2) is 78.9 Å². The Morgan fingerprint density at radius 3 is 2.42 bits per heavy atom. The molecule has 0 fully saturated rings. The molecule has 0 amide bonds. The third-order valence-corrected chi connectivity index (χ3v) is 5.62. The average Bonchev–Trinajstić information content (AvgIpc) is 3.21. The van der Waals surface area contributed by atoms with Crippen LogP contribution in [0.3, 0.4) is 0 Å². The second kappa shape index (κ2) is 6.00. The third-order valence-electron chi connectivity index (χ3n) is 4.60.